The van der Waals surface area contributed by atoms with E-state index in [1.807, 2.05) is 30.3 Å². The van der Waals surface area contributed by atoms with E-state index in [1.54, 1.807) is 6.20 Å². The van der Waals surface area contributed by atoms with Crippen molar-refractivity contribution in [2.24, 2.45) is 11.8 Å². The minimum absolute atomic E-state index is 0.105. The van der Waals surface area contributed by atoms with Crippen LogP contribution in [0.1, 0.15) is 32.6 Å². The van der Waals surface area contributed by atoms with Crippen molar-refractivity contribution in [2.75, 3.05) is 13.2 Å². The molecule has 4 nitrogen and oxygen atoms in total. The molecule has 1 atom stereocenters. The van der Waals surface area contributed by atoms with Crippen LogP contribution < -0.4 is 4.74 Å². The van der Waals surface area contributed by atoms with E-state index in [0.29, 0.717) is 18.9 Å². The molecule has 1 heterocycles. The summed E-state index contributed by atoms with van der Waals surface area (Å²) in [6.45, 7) is 2.80. The number of benzene rings is 1. The molecule has 0 spiro atoms. The predicted octanol–water partition coefficient (Wildman–Crippen LogP) is 3.98. The summed E-state index contributed by atoms with van der Waals surface area (Å²) in [5.41, 5.74) is 0.900. The van der Waals surface area contributed by atoms with E-state index in [9.17, 15) is 4.79 Å². The van der Waals surface area contributed by atoms with Gasteiger partial charge in [0, 0.05) is 18.0 Å². The van der Waals surface area contributed by atoms with Crippen molar-refractivity contribution in [2.45, 2.75) is 32.6 Å². The maximum Gasteiger partial charge on any atom is 0.306 e. The molecule has 1 unspecified atom stereocenters. The number of aromatic nitrogens is 1. The molecule has 2 aromatic rings. The summed E-state index contributed by atoms with van der Waals surface area (Å²) >= 11 is 0. The highest BCUT2D eigenvalue weighted by molar-refractivity contribution is 5.84. The molecule has 0 aliphatic heterocycles. The number of fused-ring (bicyclic) bond motifs is 1. The summed E-state index contributed by atoms with van der Waals surface area (Å²) in [6, 6.07) is 9.67. The standard InChI is InChI=1S/C19H23NO3/c1-2-14(15-7-8-15)13-19(21)23-12-11-22-18-9-10-20-17-6-4-3-5-16(17)18/h3-6,9-10,14-15H,2,7-8,11-13H2,1H3. The number of carbonyl (C=O) groups excluding carboxylic acids is 1. The van der Waals surface area contributed by atoms with Gasteiger partial charge in [-0.1, -0.05) is 25.5 Å². The van der Waals surface area contributed by atoms with Gasteiger partial charge >= 0.3 is 5.97 Å². The summed E-state index contributed by atoms with van der Waals surface area (Å²) in [5, 5.41) is 0.973. The average Bonchev–Trinajstić information content (AvgIpc) is 3.41. The van der Waals surface area contributed by atoms with Gasteiger partial charge in [-0.15, -0.1) is 0 Å². The van der Waals surface area contributed by atoms with Crippen molar-refractivity contribution >= 4 is 16.9 Å². The SMILES string of the molecule is CCC(CC(=O)OCCOc1ccnc2ccccc12)C1CC1. The zero-order valence-corrected chi connectivity index (χ0v) is 13.5. The number of esters is 1. The number of pyridine rings is 1. The van der Waals surface area contributed by atoms with Gasteiger partial charge in [-0.05, 0) is 42.9 Å². The Bertz CT molecular complexity index is 661. The summed E-state index contributed by atoms with van der Waals surface area (Å²) < 4.78 is 11.1. The number of ether oxygens (including phenoxy) is 2. The van der Waals surface area contributed by atoms with Gasteiger partial charge in [0.1, 0.15) is 19.0 Å². The lowest BCUT2D eigenvalue weighted by Crippen LogP contribution is -2.16. The molecule has 1 aromatic carbocycles. The molecule has 4 heteroatoms. The third kappa shape index (κ3) is 4.21. The average molecular weight is 313 g/mol. The summed E-state index contributed by atoms with van der Waals surface area (Å²) in [7, 11) is 0. The summed E-state index contributed by atoms with van der Waals surface area (Å²) in [5.74, 6) is 1.91. The molecule has 122 valence electrons. The van der Waals surface area contributed by atoms with Crippen molar-refractivity contribution < 1.29 is 14.3 Å². The quantitative estimate of drug-likeness (QED) is 0.546. The Morgan fingerprint density at radius 1 is 1.26 bits per heavy atom. The van der Waals surface area contributed by atoms with E-state index in [2.05, 4.69) is 11.9 Å². The van der Waals surface area contributed by atoms with Crippen molar-refractivity contribution in [3.05, 3.63) is 36.5 Å². The number of rotatable bonds is 8. The van der Waals surface area contributed by atoms with Gasteiger partial charge in [-0.25, -0.2) is 0 Å². The summed E-state index contributed by atoms with van der Waals surface area (Å²) in [6.07, 6.45) is 5.86. The lowest BCUT2D eigenvalue weighted by atomic mass is 9.97. The Morgan fingerprint density at radius 3 is 2.87 bits per heavy atom. The molecule has 0 amide bonds. The number of hydrogen-bond donors (Lipinski definition) is 0. The van der Waals surface area contributed by atoms with Crippen molar-refractivity contribution in [3.63, 3.8) is 0 Å². The molecule has 0 bridgehead atoms. The molecule has 1 saturated carbocycles. The first-order valence-electron chi connectivity index (χ1n) is 8.40. The highest BCUT2D eigenvalue weighted by Gasteiger charge is 2.31. The minimum atomic E-state index is -0.105. The summed E-state index contributed by atoms with van der Waals surface area (Å²) in [4.78, 5) is 16.2. The largest absolute Gasteiger partial charge is 0.489 e. The maximum absolute atomic E-state index is 11.9. The van der Waals surface area contributed by atoms with Crippen LogP contribution in [-0.4, -0.2) is 24.2 Å². The first kappa shape index (κ1) is 15.8. The van der Waals surface area contributed by atoms with Gasteiger partial charge in [0.05, 0.1) is 5.52 Å². The molecule has 1 aromatic heterocycles. The Kier molecular flexibility index (Phi) is 5.11. The lowest BCUT2D eigenvalue weighted by Gasteiger charge is -2.13. The van der Waals surface area contributed by atoms with Gasteiger partial charge in [0.25, 0.3) is 0 Å². The van der Waals surface area contributed by atoms with Crippen molar-refractivity contribution in [1.29, 1.82) is 0 Å². The molecule has 1 fully saturated rings. The van der Waals surface area contributed by atoms with Gasteiger partial charge in [-0.2, -0.15) is 0 Å². The van der Waals surface area contributed by atoms with Crippen LogP contribution in [0, 0.1) is 11.8 Å². The fraction of sp³-hybridized carbons (Fsp3) is 0.474. The number of para-hydroxylation sites is 1. The molecular formula is C19H23NO3. The second kappa shape index (κ2) is 7.44. The Morgan fingerprint density at radius 2 is 2.09 bits per heavy atom. The number of carbonyl (C=O) groups is 1. The third-order valence-corrected chi connectivity index (χ3v) is 4.45. The fourth-order valence-corrected chi connectivity index (χ4v) is 2.99. The van der Waals surface area contributed by atoms with Crippen LogP contribution in [0.25, 0.3) is 10.9 Å². The first-order chi connectivity index (χ1) is 11.3. The van der Waals surface area contributed by atoms with E-state index in [-0.39, 0.29) is 12.6 Å². The zero-order chi connectivity index (χ0) is 16.1. The van der Waals surface area contributed by atoms with Crippen LogP contribution in [0.15, 0.2) is 36.5 Å². The van der Waals surface area contributed by atoms with E-state index in [1.165, 1.54) is 12.8 Å². The molecular weight excluding hydrogens is 290 g/mol. The number of hydrogen-bond acceptors (Lipinski definition) is 4. The fourth-order valence-electron chi connectivity index (χ4n) is 2.99. The monoisotopic (exact) mass is 313 g/mol. The van der Waals surface area contributed by atoms with Gasteiger partial charge in [-0.3, -0.25) is 9.78 Å². The molecule has 0 radical (unpaired) electrons. The van der Waals surface area contributed by atoms with Crippen LogP contribution in [-0.2, 0) is 9.53 Å². The van der Waals surface area contributed by atoms with E-state index in [0.717, 1.165) is 29.0 Å². The normalized spacial score (nSPS) is 15.3. The van der Waals surface area contributed by atoms with Gasteiger partial charge in [0.15, 0.2) is 0 Å². The molecule has 3 rings (SSSR count). The second-order valence-corrected chi connectivity index (χ2v) is 6.11. The third-order valence-electron chi connectivity index (χ3n) is 4.45. The second-order valence-electron chi connectivity index (χ2n) is 6.11. The first-order valence-corrected chi connectivity index (χ1v) is 8.40. The van der Waals surface area contributed by atoms with Crippen LogP contribution >= 0.6 is 0 Å². The predicted molar refractivity (Wildman–Crippen MR) is 89.3 cm³/mol. The smallest absolute Gasteiger partial charge is 0.306 e. The minimum Gasteiger partial charge on any atom is -0.489 e. The molecule has 1 aliphatic rings. The van der Waals surface area contributed by atoms with E-state index >= 15 is 0 Å². The highest BCUT2D eigenvalue weighted by Crippen LogP contribution is 2.40. The van der Waals surface area contributed by atoms with Gasteiger partial charge < -0.3 is 9.47 Å². The maximum atomic E-state index is 11.9. The van der Waals surface area contributed by atoms with Crippen molar-refractivity contribution in [3.8, 4) is 5.75 Å². The topological polar surface area (TPSA) is 48.4 Å². The lowest BCUT2D eigenvalue weighted by molar-refractivity contribution is -0.145. The molecule has 0 N–H and O–H groups in total. The van der Waals surface area contributed by atoms with E-state index in [4.69, 9.17) is 9.47 Å². The van der Waals surface area contributed by atoms with Crippen LogP contribution in [0.4, 0.5) is 0 Å². The van der Waals surface area contributed by atoms with Crippen LogP contribution in [0.5, 0.6) is 5.75 Å². The van der Waals surface area contributed by atoms with Crippen LogP contribution in [0.2, 0.25) is 0 Å². The molecule has 1 aliphatic carbocycles. The Hall–Kier alpha value is -2.10. The highest BCUT2D eigenvalue weighted by atomic mass is 16.6. The molecule has 0 saturated heterocycles. The van der Waals surface area contributed by atoms with Gasteiger partial charge in [0.2, 0.25) is 0 Å². The number of nitrogens with zero attached hydrogens (tertiary/aromatic N) is 1. The Balaban J connectivity index is 1.44. The van der Waals surface area contributed by atoms with Crippen molar-refractivity contribution in [1.82, 2.24) is 4.98 Å². The van der Waals surface area contributed by atoms with E-state index < -0.39 is 0 Å². The molecule has 23 heavy (non-hydrogen) atoms. The Labute approximate surface area is 136 Å². The zero-order valence-electron chi connectivity index (χ0n) is 13.5. The van der Waals surface area contributed by atoms with Crippen LogP contribution in [0.3, 0.4) is 0 Å².